The molecule has 0 saturated heterocycles. The molecule has 5 heteroatoms. The highest BCUT2D eigenvalue weighted by Crippen LogP contribution is 2.35. The topological polar surface area (TPSA) is 55.6 Å². The van der Waals surface area contributed by atoms with E-state index in [4.69, 9.17) is 4.98 Å². The Hall–Kier alpha value is -1.91. The molecule has 0 amide bonds. The highest BCUT2D eigenvalue weighted by Gasteiger charge is 2.23. The van der Waals surface area contributed by atoms with E-state index >= 15 is 0 Å². The molecule has 0 unspecified atom stereocenters. The summed E-state index contributed by atoms with van der Waals surface area (Å²) in [6.45, 7) is 2.34. The molecule has 21 heavy (non-hydrogen) atoms. The number of rotatable bonds is 3. The molecule has 1 fully saturated rings. The van der Waals surface area contributed by atoms with Crippen LogP contribution < -0.4 is 5.32 Å². The second-order valence-electron chi connectivity index (χ2n) is 6.11. The Kier molecular flexibility index (Phi) is 3.90. The average molecular weight is 285 g/mol. The molecule has 1 N–H and O–H groups in total. The van der Waals surface area contributed by atoms with E-state index in [2.05, 4.69) is 22.3 Å². The summed E-state index contributed by atoms with van der Waals surface area (Å²) in [5, 5.41) is 7.39. The van der Waals surface area contributed by atoms with Gasteiger partial charge in [0.2, 0.25) is 0 Å². The summed E-state index contributed by atoms with van der Waals surface area (Å²) >= 11 is 0. The molecular formula is C16H23N5. The average Bonchev–Trinajstić information content (AvgIpc) is 2.94. The van der Waals surface area contributed by atoms with Crippen molar-refractivity contribution in [3.05, 3.63) is 24.3 Å². The van der Waals surface area contributed by atoms with Crippen LogP contribution in [0.15, 0.2) is 18.5 Å². The third-order valence-corrected chi connectivity index (χ3v) is 4.38. The lowest BCUT2D eigenvalue weighted by Gasteiger charge is -2.25. The van der Waals surface area contributed by atoms with Crippen molar-refractivity contribution in [2.75, 3.05) is 12.4 Å². The van der Waals surface area contributed by atoms with Crippen LogP contribution >= 0.6 is 0 Å². The van der Waals surface area contributed by atoms with E-state index in [9.17, 15) is 0 Å². The molecule has 2 heterocycles. The second kappa shape index (κ2) is 5.84. The third kappa shape index (κ3) is 3.06. The number of anilines is 1. The van der Waals surface area contributed by atoms with Crippen molar-refractivity contribution < 1.29 is 0 Å². The first kappa shape index (κ1) is 14.0. The van der Waals surface area contributed by atoms with Gasteiger partial charge in [-0.15, -0.1) is 0 Å². The van der Waals surface area contributed by atoms with Gasteiger partial charge in [-0.25, -0.2) is 9.97 Å². The van der Waals surface area contributed by atoms with Crippen LogP contribution in [0.2, 0.25) is 0 Å². The molecule has 5 nitrogen and oxygen atoms in total. The molecular weight excluding hydrogens is 262 g/mol. The molecule has 112 valence electrons. The molecule has 0 aromatic carbocycles. The van der Waals surface area contributed by atoms with Gasteiger partial charge in [-0.05, 0) is 18.8 Å². The molecule has 0 radical (unpaired) electrons. The number of hydrogen-bond donors (Lipinski definition) is 1. The monoisotopic (exact) mass is 285 g/mol. The van der Waals surface area contributed by atoms with E-state index in [1.54, 1.807) is 4.68 Å². The van der Waals surface area contributed by atoms with E-state index in [0.717, 1.165) is 28.8 Å². The second-order valence-corrected chi connectivity index (χ2v) is 6.11. The van der Waals surface area contributed by atoms with Gasteiger partial charge in [0, 0.05) is 37.8 Å². The summed E-state index contributed by atoms with van der Waals surface area (Å²) < 4.78 is 1.80. The van der Waals surface area contributed by atoms with Crippen LogP contribution in [0.4, 0.5) is 5.82 Å². The van der Waals surface area contributed by atoms with E-state index in [0.29, 0.717) is 5.92 Å². The Morgan fingerprint density at radius 1 is 1.19 bits per heavy atom. The Morgan fingerprint density at radius 2 is 1.95 bits per heavy atom. The minimum absolute atomic E-state index is 0.491. The van der Waals surface area contributed by atoms with Crippen molar-refractivity contribution in [1.82, 2.24) is 19.7 Å². The van der Waals surface area contributed by atoms with E-state index < -0.39 is 0 Å². The third-order valence-electron chi connectivity index (χ3n) is 4.38. The van der Waals surface area contributed by atoms with Crippen LogP contribution in [-0.4, -0.2) is 26.8 Å². The molecule has 2 aromatic heterocycles. The van der Waals surface area contributed by atoms with Crippen LogP contribution in [-0.2, 0) is 7.05 Å². The number of aromatic nitrogens is 4. The molecule has 1 aliphatic carbocycles. The molecule has 1 aliphatic rings. The number of nitrogens with one attached hydrogen (secondary N) is 1. The van der Waals surface area contributed by atoms with Crippen molar-refractivity contribution in [3.8, 4) is 11.3 Å². The Balaban J connectivity index is 1.93. The summed E-state index contributed by atoms with van der Waals surface area (Å²) in [5.41, 5.74) is 2.00. The minimum Gasteiger partial charge on any atom is -0.373 e. The van der Waals surface area contributed by atoms with Gasteiger partial charge in [-0.3, -0.25) is 4.68 Å². The summed E-state index contributed by atoms with van der Waals surface area (Å²) in [6, 6.07) is 1.99. The zero-order valence-electron chi connectivity index (χ0n) is 13.0. The maximum Gasteiger partial charge on any atom is 0.134 e. The smallest absolute Gasteiger partial charge is 0.134 e. The fourth-order valence-corrected chi connectivity index (χ4v) is 3.00. The van der Waals surface area contributed by atoms with Crippen LogP contribution in [0.25, 0.3) is 11.3 Å². The Bertz CT molecular complexity index is 611. The summed E-state index contributed by atoms with van der Waals surface area (Å²) in [7, 11) is 3.83. The molecule has 3 rings (SSSR count). The zero-order valence-corrected chi connectivity index (χ0v) is 13.0. The lowest BCUT2D eigenvalue weighted by molar-refractivity contribution is 0.340. The molecule has 0 spiro atoms. The predicted molar refractivity (Wildman–Crippen MR) is 84.2 cm³/mol. The Labute approximate surface area is 125 Å². The largest absolute Gasteiger partial charge is 0.373 e. The summed E-state index contributed by atoms with van der Waals surface area (Å²) in [5.74, 6) is 3.20. The normalized spacial score (nSPS) is 22.2. The van der Waals surface area contributed by atoms with Gasteiger partial charge in [-0.1, -0.05) is 19.8 Å². The maximum absolute atomic E-state index is 4.81. The van der Waals surface area contributed by atoms with Gasteiger partial charge in [0.1, 0.15) is 11.6 Å². The predicted octanol–water partition coefficient (Wildman–Crippen LogP) is 3.21. The highest BCUT2D eigenvalue weighted by atomic mass is 15.2. The quantitative estimate of drug-likeness (QED) is 0.940. The summed E-state index contributed by atoms with van der Waals surface area (Å²) in [6.07, 6.45) is 8.80. The first-order valence-corrected chi connectivity index (χ1v) is 7.71. The van der Waals surface area contributed by atoms with E-state index in [1.165, 1.54) is 25.7 Å². The SMILES string of the molecule is CNc1cc(-c2cnn(C)c2)nc(C2CCC(C)CC2)n1. The van der Waals surface area contributed by atoms with Gasteiger partial charge in [0.05, 0.1) is 11.9 Å². The van der Waals surface area contributed by atoms with Crippen molar-refractivity contribution >= 4 is 5.82 Å². The van der Waals surface area contributed by atoms with E-state index in [-0.39, 0.29) is 0 Å². The van der Waals surface area contributed by atoms with Crippen LogP contribution in [0.3, 0.4) is 0 Å². The highest BCUT2D eigenvalue weighted by molar-refractivity contribution is 5.61. The standard InChI is InChI=1S/C16H23N5/c1-11-4-6-12(7-5-11)16-19-14(8-15(17-2)20-16)13-9-18-21(3)10-13/h8-12H,4-7H2,1-3H3,(H,17,19,20). The van der Waals surface area contributed by atoms with Gasteiger partial charge in [-0.2, -0.15) is 5.10 Å². The number of aryl methyl sites for hydroxylation is 1. The molecule has 2 aromatic rings. The summed E-state index contributed by atoms with van der Waals surface area (Å²) in [4.78, 5) is 9.49. The number of hydrogen-bond acceptors (Lipinski definition) is 4. The zero-order chi connectivity index (χ0) is 14.8. The maximum atomic E-state index is 4.81. The van der Waals surface area contributed by atoms with Crippen molar-refractivity contribution in [1.29, 1.82) is 0 Å². The van der Waals surface area contributed by atoms with Crippen molar-refractivity contribution in [2.45, 2.75) is 38.5 Å². The van der Waals surface area contributed by atoms with Crippen molar-refractivity contribution in [2.24, 2.45) is 13.0 Å². The first-order valence-electron chi connectivity index (χ1n) is 7.71. The fraction of sp³-hybridized carbons (Fsp3) is 0.562. The Morgan fingerprint density at radius 3 is 2.57 bits per heavy atom. The van der Waals surface area contributed by atoms with E-state index in [1.807, 2.05) is 32.6 Å². The van der Waals surface area contributed by atoms with Gasteiger partial charge in [0.25, 0.3) is 0 Å². The molecule has 0 aliphatic heterocycles. The molecule has 0 atom stereocenters. The van der Waals surface area contributed by atoms with Gasteiger partial charge >= 0.3 is 0 Å². The van der Waals surface area contributed by atoms with Crippen LogP contribution in [0.1, 0.15) is 44.3 Å². The number of nitrogens with zero attached hydrogens (tertiary/aromatic N) is 4. The van der Waals surface area contributed by atoms with Gasteiger partial charge < -0.3 is 5.32 Å². The van der Waals surface area contributed by atoms with Crippen LogP contribution in [0.5, 0.6) is 0 Å². The van der Waals surface area contributed by atoms with Crippen LogP contribution in [0, 0.1) is 5.92 Å². The lowest BCUT2D eigenvalue weighted by Crippen LogP contribution is -2.14. The van der Waals surface area contributed by atoms with Crippen molar-refractivity contribution in [3.63, 3.8) is 0 Å². The first-order chi connectivity index (χ1) is 10.2. The lowest BCUT2D eigenvalue weighted by atomic mass is 9.82. The molecule has 0 bridgehead atoms. The fourth-order valence-electron chi connectivity index (χ4n) is 3.00. The minimum atomic E-state index is 0.491. The van der Waals surface area contributed by atoms with Gasteiger partial charge in [0.15, 0.2) is 0 Å². The molecule has 1 saturated carbocycles.